The summed E-state index contributed by atoms with van der Waals surface area (Å²) in [6.07, 6.45) is 4.02. The van der Waals surface area contributed by atoms with Crippen molar-refractivity contribution in [2.75, 3.05) is 32.5 Å². The quantitative estimate of drug-likeness (QED) is 0.363. The number of ether oxygens (including phenoxy) is 1. The van der Waals surface area contributed by atoms with Gasteiger partial charge in [0.05, 0.1) is 24.7 Å². The molecule has 0 saturated carbocycles. The lowest BCUT2D eigenvalue weighted by Gasteiger charge is -2.36. The van der Waals surface area contributed by atoms with Gasteiger partial charge in [0.25, 0.3) is 0 Å². The predicted octanol–water partition coefficient (Wildman–Crippen LogP) is 5.66. The molecule has 0 aliphatic carbocycles. The summed E-state index contributed by atoms with van der Waals surface area (Å²) in [6.45, 7) is 2.10. The number of piperidine rings is 1. The van der Waals surface area contributed by atoms with Crippen LogP contribution in [-0.4, -0.2) is 53.5 Å². The Kier molecular flexibility index (Phi) is 8.57. The number of aromatic nitrogens is 1. The van der Waals surface area contributed by atoms with Gasteiger partial charge in [-0.05, 0) is 80.1 Å². The smallest absolute Gasteiger partial charge is 0.308 e. The van der Waals surface area contributed by atoms with Crippen molar-refractivity contribution in [1.29, 1.82) is 0 Å². The molecule has 1 aliphatic rings. The van der Waals surface area contributed by atoms with Crippen LogP contribution in [0.25, 0.3) is 10.9 Å². The van der Waals surface area contributed by atoms with Crippen LogP contribution in [-0.2, 0) is 11.2 Å². The molecular weight excluding hydrogens is 470 g/mol. The Morgan fingerprint density at radius 1 is 1.26 bits per heavy atom. The zero-order chi connectivity index (χ0) is 24.8. The molecule has 3 aromatic rings. The Morgan fingerprint density at radius 3 is 2.89 bits per heavy atom. The van der Waals surface area contributed by atoms with Gasteiger partial charge in [0.1, 0.15) is 17.4 Å². The van der Waals surface area contributed by atoms with E-state index in [4.69, 9.17) is 4.74 Å². The number of methoxy groups -OCH3 is 1. The third kappa shape index (κ3) is 6.49. The van der Waals surface area contributed by atoms with Gasteiger partial charge in [-0.15, -0.1) is 11.8 Å². The van der Waals surface area contributed by atoms with Gasteiger partial charge in [-0.3, -0.25) is 9.78 Å². The van der Waals surface area contributed by atoms with Gasteiger partial charge < -0.3 is 14.7 Å². The van der Waals surface area contributed by atoms with Crippen LogP contribution in [0.2, 0.25) is 0 Å². The number of aryl methyl sites for hydroxylation is 1. The Balaban J connectivity index is 1.32. The fourth-order valence-electron chi connectivity index (χ4n) is 4.87. The Labute approximate surface area is 208 Å². The first-order valence-corrected chi connectivity index (χ1v) is 12.9. The molecule has 0 spiro atoms. The van der Waals surface area contributed by atoms with Crippen LogP contribution in [0.5, 0.6) is 5.75 Å². The van der Waals surface area contributed by atoms with Gasteiger partial charge in [0.15, 0.2) is 0 Å². The maximum absolute atomic E-state index is 14.6. The van der Waals surface area contributed by atoms with Crippen molar-refractivity contribution in [1.82, 2.24) is 9.88 Å². The van der Waals surface area contributed by atoms with E-state index in [1.807, 2.05) is 12.1 Å². The summed E-state index contributed by atoms with van der Waals surface area (Å²) in [5.41, 5.74) is 1.32. The van der Waals surface area contributed by atoms with E-state index in [0.717, 1.165) is 47.5 Å². The van der Waals surface area contributed by atoms with Gasteiger partial charge in [-0.25, -0.2) is 8.78 Å². The molecule has 0 unspecified atom stereocenters. The number of aliphatic carboxylic acids is 1. The zero-order valence-corrected chi connectivity index (χ0v) is 20.6. The largest absolute Gasteiger partial charge is 0.497 e. The summed E-state index contributed by atoms with van der Waals surface area (Å²) >= 11 is 1.58. The lowest BCUT2D eigenvalue weighted by atomic mass is 9.81. The van der Waals surface area contributed by atoms with Crippen LogP contribution < -0.4 is 4.74 Å². The number of rotatable bonds is 10. The molecule has 1 aliphatic heterocycles. The van der Waals surface area contributed by atoms with E-state index >= 15 is 0 Å². The minimum Gasteiger partial charge on any atom is -0.497 e. The normalized spacial score (nSPS) is 18.6. The number of pyridine rings is 1. The summed E-state index contributed by atoms with van der Waals surface area (Å²) < 4.78 is 33.3. The number of likely N-dealkylation sites (tertiary alicyclic amines) is 1. The summed E-state index contributed by atoms with van der Waals surface area (Å²) in [6, 6.07) is 11.9. The third-order valence-electron chi connectivity index (χ3n) is 6.77. The maximum atomic E-state index is 14.6. The molecule has 8 heteroatoms. The highest BCUT2D eigenvalue weighted by atomic mass is 32.2. The summed E-state index contributed by atoms with van der Waals surface area (Å²) in [4.78, 5) is 19.3. The van der Waals surface area contributed by atoms with Gasteiger partial charge in [0.2, 0.25) is 0 Å². The second-order valence-corrected chi connectivity index (χ2v) is 10.1. The Hall–Kier alpha value is -2.71. The number of carboxylic acid groups (broad SMARTS) is 1. The van der Waals surface area contributed by atoms with E-state index in [1.165, 1.54) is 18.3 Å². The molecule has 1 saturated heterocycles. The molecule has 0 amide bonds. The standard InChI is InChI=1S/C27H30F2N2O3S/c1-34-20-8-9-26-23(15-20)22(25(29)16-30-26)7-2-4-18-10-11-31(17-24(18)27(32)33)12-13-35-21-6-3-5-19(28)14-21/h3,5-6,8-9,14-16,18,24H,2,4,7,10-13,17H2,1H3,(H,32,33)/t18-,24+/m0/s1. The van der Waals surface area contributed by atoms with E-state index in [2.05, 4.69) is 9.88 Å². The molecule has 0 bridgehead atoms. The lowest BCUT2D eigenvalue weighted by molar-refractivity contribution is -0.146. The predicted molar refractivity (Wildman–Crippen MR) is 134 cm³/mol. The van der Waals surface area contributed by atoms with Gasteiger partial charge in [0, 0.05) is 29.1 Å². The number of hydrogen-bond acceptors (Lipinski definition) is 5. The van der Waals surface area contributed by atoms with Gasteiger partial charge in [-0.1, -0.05) is 6.07 Å². The number of nitrogens with zero attached hydrogens (tertiary/aromatic N) is 2. The Morgan fingerprint density at radius 2 is 2.11 bits per heavy atom. The monoisotopic (exact) mass is 500 g/mol. The van der Waals surface area contributed by atoms with Crippen molar-refractivity contribution < 1.29 is 23.4 Å². The van der Waals surface area contributed by atoms with Crippen LogP contribution in [0.4, 0.5) is 8.78 Å². The highest BCUT2D eigenvalue weighted by molar-refractivity contribution is 7.99. The zero-order valence-electron chi connectivity index (χ0n) is 19.8. The molecule has 35 heavy (non-hydrogen) atoms. The van der Waals surface area contributed by atoms with Gasteiger partial charge in [-0.2, -0.15) is 0 Å². The SMILES string of the molecule is COc1ccc2ncc(F)c(CCC[C@H]3CCN(CCSc4cccc(F)c4)C[C@H]3C(=O)O)c2c1. The summed E-state index contributed by atoms with van der Waals surface area (Å²) in [7, 11) is 1.58. The summed E-state index contributed by atoms with van der Waals surface area (Å²) in [5.74, 6) is -0.319. The number of thioether (sulfide) groups is 1. The minimum atomic E-state index is -0.775. The van der Waals surface area contributed by atoms with Gasteiger partial charge >= 0.3 is 5.97 Å². The molecule has 1 fully saturated rings. The summed E-state index contributed by atoms with van der Waals surface area (Å²) in [5, 5.41) is 10.6. The lowest BCUT2D eigenvalue weighted by Crippen LogP contribution is -2.44. The first-order valence-electron chi connectivity index (χ1n) is 11.9. The first-order chi connectivity index (χ1) is 16.9. The van der Waals surface area contributed by atoms with E-state index < -0.39 is 11.9 Å². The fourth-order valence-corrected chi connectivity index (χ4v) is 5.83. The first kappa shape index (κ1) is 25.4. The molecule has 5 nitrogen and oxygen atoms in total. The number of carbonyl (C=O) groups is 1. The van der Waals surface area contributed by atoms with Crippen LogP contribution in [0.1, 0.15) is 24.8 Å². The molecule has 1 N–H and O–H groups in total. The number of hydrogen-bond donors (Lipinski definition) is 1. The van der Waals surface area contributed by atoms with Crippen molar-refractivity contribution in [3.8, 4) is 5.75 Å². The molecule has 4 rings (SSSR count). The molecule has 2 heterocycles. The van der Waals surface area contributed by atoms with E-state index in [9.17, 15) is 18.7 Å². The number of benzene rings is 2. The third-order valence-corrected chi connectivity index (χ3v) is 7.74. The molecule has 2 aromatic carbocycles. The highest BCUT2D eigenvalue weighted by Crippen LogP contribution is 2.31. The maximum Gasteiger partial charge on any atom is 0.308 e. The second kappa shape index (κ2) is 11.8. The van der Waals surface area contributed by atoms with Crippen LogP contribution in [0.15, 0.2) is 53.6 Å². The van der Waals surface area contributed by atoms with Crippen molar-refractivity contribution in [3.05, 3.63) is 65.9 Å². The van der Waals surface area contributed by atoms with E-state index in [1.54, 1.807) is 37.1 Å². The molecular formula is C27H30F2N2O3S. The molecule has 0 radical (unpaired) electrons. The molecule has 186 valence electrons. The number of fused-ring (bicyclic) bond motifs is 1. The van der Waals surface area contributed by atoms with Crippen LogP contribution in [0.3, 0.4) is 0 Å². The van der Waals surface area contributed by atoms with E-state index in [0.29, 0.717) is 30.7 Å². The molecule has 1 aromatic heterocycles. The average molecular weight is 501 g/mol. The molecule has 2 atom stereocenters. The minimum absolute atomic E-state index is 0.0605. The van der Waals surface area contributed by atoms with Crippen molar-refractivity contribution in [3.63, 3.8) is 0 Å². The Bertz CT molecular complexity index is 1180. The number of carboxylic acids is 1. The van der Waals surface area contributed by atoms with Crippen molar-refractivity contribution in [2.24, 2.45) is 11.8 Å². The topological polar surface area (TPSA) is 62.7 Å². The van der Waals surface area contributed by atoms with Crippen molar-refractivity contribution >= 4 is 28.6 Å². The fraction of sp³-hybridized carbons (Fsp3) is 0.407. The average Bonchev–Trinajstić information content (AvgIpc) is 2.85. The van der Waals surface area contributed by atoms with E-state index in [-0.39, 0.29) is 17.6 Å². The highest BCUT2D eigenvalue weighted by Gasteiger charge is 2.33. The van der Waals surface area contributed by atoms with Crippen molar-refractivity contribution in [2.45, 2.75) is 30.6 Å². The van der Waals surface area contributed by atoms with Crippen LogP contribution >= 0.6 is 11.8 Å². The second-order valence-electron chi connectivity index (χ2n) is 8.96. The number of halogens is 2. The van der Waals surface area contributed by atoms with Crippen LogP contribution in [0, 0.1) is 23.5 Å².